The Bertz CT molecular complexity index is 631. The van der Waals surface area contributed by atoms with Gasteiger partial charge in [-0.05, 0) is 57.5 Å². The Kier molecular flexibility index (Phi) is 10.9. The van der Waals surface area contributed by atoms with E-state index in [1.54, 1.807) is 17.0 Å². The number of carbonyl (C=O) groups is 2. The molecule has 4 N–H and O–H groups in total. The van der Waals surface area contributed by atoms with E-state index in [1.807, 2.05) is 0 Å². The lowest BCUT2D eigenvalue weighted by atomic mass is 9.71. The standard InChI is InChI=1S/C15H18O5.C7H18N2/c1-20-11-7-5-10(6-8-11)13(16)15(19)9-3-2-4-12(15)14(17)18;1-3-9(4-2)7-5-6-8/h5-8,12,19H,2-4,9H2,1H3,(H,17,18);3-8H2,1-2H3. The van der Waals surface area contributed by atoms with E-state index in [1.165, 1.54) is 38.9 Å². The highest BCUT2D eigenvalue weighted by Crippen LogP contribution is 2.36. The molecule has 1 aromatic carbocycles. The topological polar surface area (TPSA) is 117 Å². The van der Waals surface area contributed by atoms with Crippen molar-refractivity contribution in [3.05, 3.63) is 29.8 Å². The first-order chi connectivity index (χ1) is 13.8. The molecule has 0 bridgehead atoms. The second kappa shape index (κ2) is 12.6. The second-order valence-corrected chi connectivity index (χ2v) is 7.45. The fraction of sp³-hybridized carbons (Fsp3) is 0.636. The Morgan fingerprint density at radius 2 is 1.86 bits per heavy atom. The summed E-state index contributed by atoms with van der Waals surface area (Å²) < 4.78 is 5.00. The third kappa shape index (κ3) is 7.10. The van der Waals surface area contributed by atoms with E-state index in [2.05, 4.69) is 13.8 Å². The quantitative estimate of drug-likeness (QED) is 0.488. The number of carbonyl (C=O) groups excluding carboxylic acids is 2. The number of rotatable bonds is 9. The lowest BCUT2D eigenvalue weighted by molar-refractivity contribution is -0.896. The number of hydrogen-bond acceptors (Lipinski definition) is 6. The lowest BCUT2D eigenvalue weighted by Crippen LogP contribution is -3.11. The monoisotopic (exact) mass is 408 g/mol. The Balaban J connectivity index is 0.000000396. The molecule has 0 aromatic heterocycles. The van der Waals surface area contributed by atoms with Crippen molar-refractivity contribution in [3.63, 3.8) is 0 Å². The Labute approximate surface area is 173 Å². The number of Topliss-reactive ketones (excluding diaryl/α,β-unsaturated/α-hetero) is 1. The molecule has 164 valence electrons. The summed E-state index contributed by atoms with van der Waals surface area (Å²) in [6.07, 6.45) is 2.88. The summed E-state index contributed by atoms with van der Waals surface area (Å²) in [5.74, 6) is -2.48. The van der Waals surface area contributed by atoms with Crippen LogP contribution in [0.2, 0.25) is 0 Å². The Morgan fingerprint density at radius 1 is 1.24 bits per heavy atom. The highest BCUT2D eigenvalue weighted by atomic mass is 16.5. The molecule has 1 fully saturated rings. The third-order valence-electron chi connectivity index (χ3n) is 5.64. The van der Waals surface area contributed by atoms with Gasteiger partial charge in [-0.1, -0.05) is 12.8 Å². The molecule has 1 saturated carbocycles. The molecule has 2 unspecified atom stereocenters. The minimum absolute atomic E-state index is 0.149. The van der Waals surface area contributed by atoms with Crippen molar-refractivity contribution in [3.8, 4) is 5.75 Å². The van der Waals surface area contributed by atoms with E-state index in [0.29, 0.717) is 18.6 Å². The van der Waals surface area contributed by atoms with Gasteiger partial charge in [0.15, 0.2) is 5.78 Å². The minimum Gasteiger partial charge on any atom is -0.550 e. The number of nitrogens with two attached hydrogens (primary N) is 1. The van der Waals surface area contributed by atoms with Crippen molar-refractivity contribution in [2.24, 2.45) is 11.7 Å². The fourth-order valence-corrected chi connectivity index (χ4v) is 3.69. The molecule has 0 amide bonds. The van der Waals surface area contributed by atoms with Crippen LogP contribution in [0.4, 0.5) is 0 Å². The van der Waals surface area contributed by atoms with Gasteiger partial charge in [-0.2, -0.15) is 0 Å². The van der Waals surface area contributed by atoms with Gasteiger partial charge in [0.25, 0.3) is 0 Å². The highest BCUT2D eigenvalue weighted by molar-refractivity contribution is 6.04. The van der Waals surface area contributed by atoms with Gasteiger partial charge in [0.05, 0.1) is 26.7 Å². The van der Waals surface area contributed by atoms with Crippen molar-refractivity contribution < 1.29 is 29.4 Å². The largest absolute Gasteiger partial charge is 0.550 e. The summed E-state index contributed by atoms with van der Waals surface area (Å²) in [5, 5.41) is 21.7. The SMILES string of the molecule is CC[NH+](CC)CCCN.COc1ccc(C(=O)C2(O)CCCCC2C(=O)[O-])cc1. The number of carboxylic acids is 1. The summed E-state index contributed by atoms with van der Waals surface area (Å²) in [7, 11) is 1.51. The molecule has 29 heavy (non-hydrogen) atoms. The maximum atomic E-state index is 12.5. The second-order valence-electron chi connectivity index (χ2n) is 7.45. The molecule has 0 spiro atoms. The molecule has 7 heteroatoms. The third-order valence-corrected chi connectivity index (χ3v) is 5.64. The highest BCUT2D eigenvalue weighted by Gasteiger charge is 2.46. The van der Waals surface area contributed by atoms with Crippen LogP contribution in [0.25, 0.3) is 0 Å². The van der Waals surface area contributed by atoms with Crippen LogP contribution in [-0.4, -0.2) is 55.7 Å². The number of nitrogens with one attached hydrogen (secondary N) is 1. The molecule has 1 aliphatic rings. The van der Waals surface area contributed by atoms with Gasteiger partial charge in [0.2, 0.25) is 0 Å². The van der Waals surface area contributed by atoms with E-state index >= 15 is 0 Å². The number of carboxylic acid groups (broad SMARTS) is 1. The summed E-state index contributed by atoms with van der Waals surface area (Å²) in [5.41, 5.74) is 3.78. The number of quaternary nitrogens is 1. The van der Waals surface area contributed by atoms with Gasteiger partial charge in [-0.3, -0.25) is 4.79 Å². The molecule has 2 rings (SSSR count). The molecule has 1 aromatic rings. The first-order valence-electron chi connectivity index (χ1n) is 10.5. The van der Waals surface area contributed by atoms with Crippen LogP contribution in [0, 0.1) is 5.92 Å². The summed E-state index contributed by atoms with van der Waals surface area (Å²) in [6.45, 7) is 8.98. The van der Waals surface area contributed by atoms with Crippen LogP contribution in [0.3, 0.4) is 0 Å². The number of aliphatic carboxylic acids is 1. The molecule has 1 aliphatic carbocycles. The van der Waals surface area contributed by atoms with Crippen molar-refractivity contribution in [1.82, 2.24) is 0 Å². The normalized spacial score (nSPS) is 21.2. The van der Waals surface area contributed by atoms with Crippen molar-refractivity contribution in [2.75, 3.05) is 33.3 Å². The maximum Gasteiger partial charge on any atom is 0.195 e. The van der Waals surface area contributed by atoms with Crippen LogP contribution in [0.1, 0.15) is 56.3 Å². The lowest BCUT2D eigenvalue weighted by Gasteiger charge is -2.39. The maximum absolute atomic E-state index is 12.5. The summed E-state index contributed by atoms with van der Waals surface area (Å²) in [6, 6.07) is 6.26. The Morgan fingerprint density at radius 3 is 2.34 bits per heavy atom. The van der Waals surface area contributed by atoms with E-state index in [4.69, 9.17) is 10.5 Å². The van der Waals surface area contributed by atoms with E-state index in [9.17, 15) is 19.8 Å². The number of ketones is 1. The van der Waals surface area contributed by atoms with Crippen molar-refractivity contribution in [2.45, 2.75) is 51.6 Å². The van der Waals surface area contributed by atoms with Gasteiger partial charge in [-0.15, -0.1) is 0 Å². The van der Waals surface area contributed by atoms with Crippen molar-refractivity contribution >= 4 is 11.8 Å². The summed E-state index contributed by atoms with van der Waals surface area (Å²) in [4.78, 5) is 25.3. The Hall–Kier alpha value is -1.96. The molecular weight excluding hydrogens is 372 g/mol. The number of hydrogen-bond donors (Lipinski definition) is 3. The predicted octanol–water partition coefficient (Wildman–Crippen LogP) is -0.191. The molecule has 0 aliphatic heterocycles. The van der Waals surface area contributed by atoms with E-state index in [-0.39, 0.29) is 18.4 Å². The molecule has 0 radical (unpaired) electrons. The van der Waals surface area contributed by atoms with Gasteiger partial charge < -0.3 is 30.4 Å². The van der Waals surface area contributed by atoms with Crippen LogP contribution in [0.5, 0.6) is 5.75 Å². The molecule has 7 nitrogen and oxygen atoms in total. The molecular formula is C22H36N2O5. The van der Waals surface area contributed by atoms with Crippen LogP contribution in [-0.2, 0) is 4.79 Å². The van der Waals surface area contributed by atoms with Crippen LogP contribution >= 0.6 is 0 Å². The molecule has 0 saturated heterocycles. The number of ether oxygens (including phenoxy) is 1. The van der Waals surface area contributed by atoms with E-state index in [0.717, 1.165) is 13.0 Å². The minimum atomic E-state index is -1.87. The van der Waals surface area contributed by atoms with Gasteiger partial charge in [0.1, 0.15) is 11.4 Å². The van der Waals surface area contributed by atoms with Crippen LogP contribution in [0.15, 0.2) is 24.3 Å². The zero-order valence-corrected chi connectivity index (χ0v) is 17.9. The van der Waals surface area contributed by atoms with Gasteiger partial charge in [-0.25, -0.2) is 0 Å². The van der Waals surface area contributed by atoms with Gasteiger partial charge in [0, 0.05) is 23.9 Å². The zero-order valence-electron chi connectivity index (χ0n) is 17.9. The molecule has 0 heterocycles. The first kappa shape index (κ1) is 25.1. The molecule has 2 atom stereocenters. The fourth-order valence-electron chi connectivity index (χ4n) is 3.69. The van der Waals surface area contributed by atoms with Crippen LogP contribution < -0.4 is 20.5 Å². The van der Waals surface area contributed by atoms with Gasteiger partial charge >= 0.3 is 0 Å². The predicted molar refractivity (Wildman–Crippen MR) is 110 cm³/mol. The summed E-state index contributed by atoms with van der Waals surface area (Å²) >= 11 is 0. The van der Waals surface area contributed by atoms with Crippen molar-refractivity contribution in [1.29, 1.82) is 0 Å². The number of benzene rings is 1. The smallest absolute Gasteiger partial charge is 0.195 e. The number of aliphatic hydroxyl groups is 1. The average molecular weight is 409 g/mol. The number of methoxy groups -OCH3 is 1. The first-order valence-corrected chi connectivity index (χ1v) is 10.5. The average Bonchev–Trinajstić information content (AvgIpc) is 2.74. The zero-order chi connectivity index (χ0) is 21.9. The van der Waals surface area contributed by atoms with E-state index < -0.39 is 23.3 Å².